The van der Waals surface area contributed by atoms with E-state index in [4.69, 9.17) is 9.47 Å². The molecular formula is C12H20O7. The summed E-state index contributed by atoms with van der Waals surface area (Å²) in [7, 11) is 0. The lowest BCUT2D eigenvalue weighted by atomic mass is 9.88. The topological polar surface area (TPSA) is 99.1 Å². The van der Waals surface area contributed by atoms with Gasteiger partial charge in [0.05, 0.1) is 0 Å². The predicted molar refractivity (Wildman–Crippen MR) is 63.8 cm³/mol. The summed E-state index contributed by atoms with van der Waals surface area (Å²) in [4.78, 5) is 32.3. The Hall–Kier alpha value is -1.63. The van der Waals surface area contributed by atoms with Gasteiger partial charge in [-0.05, 0) is 0 Å². The number of aliphatic hydroxyl groups excluding tert-OH is 1. The highest BCUT2D eigenvalue weighted by molar-refractivity contribution is 5.66. The first-order valence-electron chi connectivity index (χ1n) is 5.76. The van der Waals surface area contributed by atoms with Gasteiger partial charge in [-0.1, -0.05) is 6.92 Å². The minimum absolute atomic E-state index is 0.0207. The summed E-state index contributed by atoms with van der Waals surface area (Å²) in [6.45, 7) is 5.18. The van der Waals surface area contributed by atoms with Crippen LogP contribution in [0.25, 0.3) is 0 Å². The highest BCUT2D eigenvalue weighted by atomic mass is 16.6. The molecular weight excluding hydrogens is 256 g/mol. The molecule has 0 rings (SSSR count). The van der Waals surface area contributed by atoms with E-state index >= 15 is 0 Å². The van der Waals surface area contributed by atoms with E-state index < -0.39 is 29.6 Å². The maximum Gasteiger partial charge on any atom is 0.304 e. The smallest absolute Gasteiger partial charge is 0.304 e. The number of carbonyl (C=O) groups is 3. The minimum atomic E-state index is -1.35. The Balaban J connectivity index is 4.57. The maximum absolute atomic E-state index is 10.8. The Morgan fingerprint density at radius 2 is 1.42 bits per heavy atom. The van der Waals surface area contributed by atoms with Gasteiger partial charge < -0.3 is 19.3 Å². The number of hydrogen-bond acceptors (Lipinski definition) is 7. The fourth-order valence-electron chi connectivity index (χ4n) is 1.37. The largest absolute Gasteiger partial charge is 0.465 e. The van der Waals surface area contributed by atoms with Gasteiger partial charge >= 0.3 is 17.9 Å². The van der Waals surface area contributed by atoms with E-state index in [1.807, 2.05) is 0 Å². The molecule has 0 aliphatic heterocycles. The second-order valence-corrected chi connectivity index (χ2v) is 4.64. The van der Waals surface area contributed by atoms with Crippen LogP contribution in [-0.2, 0) is 28.6 Å². The molecule has 7 heteroatoms. The van der Waals surface area contributed by atoms with Crippen LogP contribution in [0.4, 0.5) is 0 Å². The highest BCUT2D eigenvalue weighted by Crippen LogP contribution is 2.25. The molecule has 0 amide bonds. The molecule has 0 saturated heterocycles. The zero-order chi connectivity index (χ0) is 15.1. The SMILES string of the molecule is CC(=O)OCC(C)(COC(C)=O)CC(O)OC(C)=O. The Morgan fingerprint density at radius 1 is 1.00 bits per heavy atom. The van der Waals surface area contributed by atoms with Crippen LogP contribution in [0.3, 0.4) is 0 Å². The summed E-state index contributed by atoms with van der Waals surface area (Å²) in [5.41, 5.74) is -0.841. The van der Waals surface area contributed by atoms with Crippen LogP contribution >= 0.6 is 0 Å². The highest BCUT2D eigenvalue weighted by Gasteiger charge is 2.32. The number of esters is 3. The van der Waals surface area contributed by atoms with Crippen molar-refractivity contribution < 1.29 is 33.7 Å². The van der Waals surface area contributed by atoms with Crippen molar-refractivity contribution in [1.29, 1.82) is 0 Å². The van der Waals surface area contributed by atoms with Gasteiger partial charge in [0, 0.05) is 32.6 Å². The molecule has 0 aromatic rings. The Kier molecular flexibility index (Phi) is 7.06. The van der Waals surface area contributed by atoms with Crippen molar-refractivity contribution >= 4 is 17.9 Å². The lowest BCUT2D eigenvalue weighted by Crippen LogP contribution is -2.36. The zero-order valence-electron chi connectivity index (χ0n) is 11.6. The van der Waals surface area contributed by atoms with E-state index in [0.29, 0.717) is 0 Å². The minimum Gasteiger partial charge on any atom is -0.465 e. The first-order chi connectivity index (χ1) is 8.64. The van der Waals surface area contributed by atoms with Crippen molar-refractivity contribution in [1.82, 2.24) is 0 Å². The first kappa shape index (κ1) is 17.4. The van der Waals surface area contributed by atoms with Crippen molar-refractivity contribution in [2.45, 2.75) is 40.4 Å². The Bertz CT molecular complexity index is 319. The molecule has 7 nitrogen and oxygen atoms in total. The van der Waals surface area contributed by atoms with E-state index in [9.17, 15) is 19.5 Å². The Morgan fingerprint density at radius 3 is 1.74 bits per heavy atom. The van der Waals surface area contributed by atoms with Gasteiger partial charge in [-0.15, -0.1) is 0 Å². The fraction of sp³-hybridized carbons (Fsp3) is 0.750. The summed E-state index contributed by atoms with van der Waals surface area (Å²) < 4.78 is 14.3. The third kappa shape index (κ3) is 9.01. The molecule has 0 spiro atoms. The number of ether oxygens (including phenoxy) is 3. The van der Waals surface area contributed by atoms with Gasteiger partial charge in [0.1, 0.15) is 13.2 Å². The molecule has 0 aliphatic rings. The molecule has 1 N–H and O–H groups in total. The lowest BCUT2D eigenvalue weighted by Gasteiger charge is -2.29. The van der Waals surface area contributed by atoms with Crippen LogP contribution in [0, 0.1) is 5.41 Å². The van der Waals surface area contributed by atoms with E-state index in [-0.39, 0.29) is 19.6 Å². The van der Waals surface area contributed by atoms with Crippen molar-refractivity contribution in [2.24, 2.45) is 5.41 Å². The van der Waals surface area contributed by atoms with Gasteiger partial charge in [-0.3, -0.25) is 14.4 Å². The molecule has 0 aromatic heterocycles. The van der Waals surface area contributed by atoms with E-state index in [1.165, 1.54) is 20.8 Å². The summed E-state index contributed by atoms with van der Waals surface area (Å²) in [6, 6.07) is 0. The van der Waals surface area contributed by atoms with Crippen LogP contribution in [-0.4, -0.2) is 42.5 Å². The monoisotopic (exact) mass is 276 g/mol. The van der Waals surface area contributed by atoms with Crippen LogP contribution in [0.1, 0.15) is 34.1 Å². The quantitative estimate of drug-likeness (QED) is 0.408. The van der Waals surface area contributed by atoms with Crippen molar-refractivity contribution in [2.75, 3.05) is 13.2 Å². The average molecular weight is 276 g/mol. The van der Waals surface area contributed by atoms with Gasteiger partial charge in [0.25, 0.3) is 0 Å². The average Bonchev–Trinajstić information content (AvgIpc) is 2.22. The number of hydrogen-bond donors (Lipinski definition) is 1. The predicted octanol–water partition coefficient (Wildman–Crippen LogP) is 0.391. The van der Waals surface area contributed by atoms with E-state index in [0.717, 1.165) is 0 Å². The van der Waals surface area contributed by atoms with E-state index in [2.05, 4.69) is 4.74 Å². The van der Waals surface area contributed by atoms with E-state index in [1.54, 1.807) is 6.92 Å². The second kappa shape index (κ2) is 7.73. The van der Waals surface area contributed by atoms with Crippen LogP contribution in [0.15, 0.2) is 0 Å². The van der Waals surface area contributed by atoms with Gasteiger partial charge in [-0.2, -0.15) is 0 Å². The van der Waals surface area contributed by atoms with Crippen molar-refractivity contribution in [3.8, 4) is 0 Å². The molecule has 0 fully saturated rings. The van der Waals surface area contributed by atoms with Crippen LogP contribution in [0.2, 0.25) is 0 Å². The van der Waals surface area contributed by atoms with Crippen LogP contribution < -0.4 is 0 Å². The molecule has 0 saturated carbocycles. The summed E-state index contributed by atoms with van der Waals surface area (Å²) in [5.74, 6) is -1.61. The maximum atomic E-state index is 10.8. The Labute approximate surface area is 111 Å². The molecule has 0 radical (unpaired) electrons. The molecule has 110 valence electrons. The third-order valence-corrected chi connectivity index (χ3v) is 2.22. The standard InChI is InChI=1S/C12H20O7/c1-8(13)17-6-12(4,7-18-9(2)14)5-11(16)19-10(3)15/h11,16H,5-7H2,1-4H3. The lowest BCUT2D eigenvalue weighted by molar-refractivity contribution is -0.177. The molecule has 19 heavy (non-hydrogen) atoms. The molecule has 0 aromatic carbocycles. The summed E-state index contributed by atoms with van der Waals surface area (Å²) in [5, 5.41) is 9.56. The summed E-state index contributed by atoms with van der Waals surface area (Å²) in [6.07, 6.45) is -1.37. The molecule has 0 aliphatic carbocycles. The molecule has 0 bridgehead atoms. The third-order valence-electron chi connectivity index (χ3n) is 2.22. The van der Waals surface area contributed by atoms with Gasteiger partial charge in [-0.25, -0.2) is 0 Å². The number of rotatable bonds is 7. The normalized spacial score (nSPS) is 12.5. The van der Waals surface area contributed by atoms with Crippen LogP contribution in [0.5, 0.6) is 0 Å². The summed E-state index contributed by atoms with van der Waals surface area (Å²) >= 11 is 0. The van der Waals surface area contributed by atoms with Crippen molar-refractivity contribution in [3.63, 3.8) is 0 Å². The molecule has 1 unspecified atom stereocenters. The number of carbonyl (C=O) groups excluding carboxylic acids is 3. The van der Waals surface area contributed by atoms with Crippen molar-refractivity contribution in [3.05, 3.63) is 0 Å². The molecule has 1 atom stereocenters. The first-order valence-corrected chi connectivity index (χ1v) is 5.76. The number of aliphatic hydroxyl groups is 1. The molecule has 0 heterocycles. The van der Waals surface area contributed by atoms with Gasteiger partial charge in [0.15, 0.2) is 0 Å². The second-order valence-electron chi connectivity index (χ2n) is 4.64. The fourth-order valence-corrected chi connectivity index (χ4v) is 1.37. The zero-order valence-corrected chi connectivity index (χ0v) is 11.6. The van der Waals surface area contributed by atoms with Gasteiger partial charge in [0.2, 0.25) is 6.29 Å².